The number of anilines is 1. The molecule has 0 spiro atoms. The van der Waals surface area contributed by atoms with Crippen LogP contribution in [0.15, 0.2) is 29.3 Å². The number of aryl methyl sites for hydroxylation is 1. The largest absolute Gasteiger partial charge is 0.389 e. The molecule has 9 heteroatoms. The van der Waals surface area contributed by atoms with Crippen molar-refractivity contribution in [3.63, 3.8) is 0 Å². The third-order valence-corrected chi connectivity index (χ3v) is 4.87. The van der Waals surface area contributed by atoms with Crippen LogP contribution in [-0.4, -0.2) is 18.4 Å². The molecule has 0 bridgehead atoms. The van der Waals surface area contributed by atoms with Gasteiger partial charge in [-0.2, -0.15) is 0 Å². The summed E-state index contributed by atoms with van der Waals surface area (Å²) in [5.74, 6) is -0.665. The average Bonchev–Trinajstić information content (AvgIpc) is 2.73. The molecule has 20 heavy (non-hydrogen) atoms. The first-order valence-electron chi connectivity index (χ1n) is 5.34. The van der Waals surface area contributed by atoms with Gasteiger partial charge in [-0.25, -0.2) is 17.8 Å². The van der Waals surface area contributed by atoms with E-state index >= 15 is 0 Å². The maximum absolute atomic E-state index is 13.4. The van der Waals surface area contributed by atoms with Gasteiger partial charge in [-0.05, 0) is 25.1 Å². The zero-order valence-electron chi connectivity index (χ0n) is 10.3. The molecule has 3 N–H and O–H groups in total. The number of sulfonamides is 1. The van der Waals surface area contributed by atoms with Crippen molar-refractivity contribution in [1.82, 2.24) is 4.98 Å². The Labute approximate surface area is 124 Å². The molecule has 1 aromatic heterocycles. The SMILES string of the molecule is Cc1cnc(NS(=O)(=O)c2ccc(F)c(C(N)=S)c2)s1. The van der Waals surface area contributed by atoms with E-state index in [0.29, 0.717) is 0 Å². The van der Waals surface area contributed by atoms with E-state index in [4.69, 9.17) is 5.73 Å². The predicted octanol–water partition coefficient (Wildman–Crippen LogP) is 2.03. The number of nitrogens with one attached hydrogen (secondary N) is 1. The first kappa shape index (κ1) is 14.8. The second kappa shape index (κ2) is 5.43. The van der Waals surface area contributed by atoms with Crippen LogP contribution in [0.3, 0.4) is 0 Å². The van der Waals surface area contributed by atoms with Gasteiger partial charge in [0.15, 0.2) is 5.13 Å². The number of aromatic nitrogens is 1. The van der Waals surface area contributed by atoms with Gasteiger partial charge in [0, 0.05) is 16.6 Å². The van der Waals surface area contributed by atoms with E-state index in [1.54, 1.807) is 13.1 Å². The van der Waals surface area contributed by atoms with E-state index in [1.165, 1.54) is 11.3 Å². The fourth-order valence-electron chi connectivity index (χ4n) is 1.44. The Hall–Kier alpha value is -1.58. The van der Waals surface area contributed by atoms with E-state index in [9.17, 15) is 12.8 Å². The highest BCUT2D eigenvalue weighted by Crippen LogP contribution is 2.22. The molecule has 0 atom stereocenters. The number of thiazole rings is 1. The molecule has 5 nitrogen and oxygen atoms in total. The molecule has 0 amide bonds. The van der Waals surface area contributed by atoms with Crippen LogP contribution in [0.2, 0.25) is 0 Å². The number of hydrogen-bond acceptors (Lipinski definition) is 5. The van der Waals surface area contributed by atoms with Crippen molar-refractivity contribution in [2.75, 3.05) is 4.72 Å². The van der Waals surface area contributed by atoms with Crippen LogP contribution < -0.4 is 10.5 Å². The molecule has 0 aliphatic rings. The molecule has 0 saturated heterocycles. The van der Waals surface area contributed by atoms with Crippen molar-refractivity contribution in [2.24, 2.45) is 5.73 Å². The maximum atomic E-state index is 13.4. The third kappa shape index (κ3) is 3.11. The Balaban J connectivity index is 2.39. The molecule has 0 fully saturated rings. The van der Waals surface area contributed by atoms with Gasteiger partial charge >= 0.3 is 0 Å². The van der Waals surface area contributed by atoms with Gasteiger partial charge in [0.05, 0.1) is 4.90 Å². The highest BCUT2D eigenvalue weighted by molar-refractivity contribution is 7.93. The van der Waals surface area contributed by atoms with Crippen molar-refractivity contribution >= 4 is 43.7 Å². The second-order valence-corrected chi connectivity index (χ2v) is 7.24. The summed E-state index contributed by atoms with van der Waals surface area (Å²) in [5, 5.41) is 0.240. The van der Waals surface area contributed by atoms with Crippen LogP contribution >= 0.6 is 23.6 Å². The summed E-state index contributed by atoms with van der Waals surface area (Å²) in [7, 11) is -3.86. The number of nitrogens with two attached hydrogens (primary N) is 1. The van der Waals surface area contributed by atoms with E-state index in [1.807, 2.05) is 0 Å². The number of nitrogens with zero attached hydrogens (tertiary/aromatic N) is 1. The lowest BCUT2D eigenvalue weighted by Crippen LogP contribution is -2.16. The molecular weight excluding hydrogens is 321 g/mol. The Kier molecular flexibility index (Phi) is 4.02. The molecule has 1 heterocycles. The van der Waals surface area contributed by atoms with Crippen LogP contribution in [0.5, 0.6) is 0 Å². The zero-order chi connectivity index (χ0) is 14.9. The fourth-order valence-corrected chi connectivity index (χ4v) is 3.52. The van der Waals surface area contributed by atoms with E-state index in [0.717, 1.165) is 23.1 Å². The lowest BCUT2D eigenvalue weighted by molar-refractivity contribution is 0.599. The molecule has 1 aromatic carbocycles. The molecule has 2 aromatic rings. The van der Waals surface area contributed by atoms with Crippen LogP contribution in [-0.2, 0) is 10.0 Å². The van der Waals surface area contributed by atoms with E-state index < -0.39 is 15.8 Å². The van der Waals surface area contributed by atoms with Gasteiger partial charge in [0.25, 0.3) is 10.0 Å². The Morgan fingerprint density at radius 1 is 1.50 bits per heavy atom. The van der Waals surface area contributed by atoms with Gasteiger partial charge in [0.2, 0.25) is 0 Å². The average molecular weight is 331 g/mol. The van der Waals surface area contributed by atoms with Crippen molar-refractivity contribution < 1.29 is 12.8 Å². The minimum absolute atomic E-state index is 0.113. The maximum Gasteiger partial charge on any atom is 0.263 e. The summed E-state index contributed by atoms with van der Waals surface area (Å²) in [5.41, 5.74) is 5.24. The summed E-state index contributed by atoms with van der Waals surface area (Å²) in [4.78, 5) is 4.44. The number of thiocarbonyl (C=S) groups is 1. The quantitative estimate of drug-likeness (QED) is 0.837. The summed E-state index contributed by atoms with van der Waals surface area (Å²) in [6.45, 7) is 1.80. The van der Waals surface area contributed by atoms with Crippen molar-refractivity contribution in [1.29, 1.82) is 0 Å². The van der Waals surface area contributed by atoms with Gasteiger partial charge in [-0.1, -0.05) is 12.2 Å². The van der Waals surface area contributed by atoms with Crippen molar-refractivity contribution in [2.45, 2.75) is 11.8 Å². The first-order valence-corrected chi connectivity index (χ1v) is 8.05. The number of hydrogen-bond donors (Lipinski definition) is 2. The number of halogens is 1. The summed E-state index contributed by atoms with van der Waals surface area (Å²) < 4.78 is 40.1. The fraction of sp³-hybridized carbons (Fsp3) is 0.0909. The minimum atomic E-state index is -3.86. The molecule has 0 unspecified atom stereocenters. The lowest BCUT2D eigenvalue weighted by Gasteiger charge is -2.07. The zero-order valence-corrected chi connectivity index (χ0v) is 12.7. The van der Waals surface area contributed by atoms with Crippen LogP contribution in [0, 0.1) is 12.7 Å². The normalized spacial score (nSPS) is 11.3. The molecule has 0 radical (unpaired) electrons. The monoisotopic (exact) mass is 331 g/mol. The van der Waals surface area contributed by atoms with Crippen LogP contribution in [0.25, 0.3) is 0 Å². The number of rotatable bonds is 4. The minimum Gasteiger partial charge on any atom is -0.389 e. The molecule has 106 valence electrons. The van der Waals surface area contributed by atoms with E-state index in [-0.39, 0.29) is 20.6 Å². The summed E-state index contributed by atoms with van der Waals surface area (Å²) in [6, 6.07) is 3.25. The number of benzene rings is 1. The van der Waals surface area contributed by atoms with Crippen LogP contribution in [0.1, 0.15) is 10.4 Å². The first-order chi connectivity index (χ1) is 9.29. The van der Waals surface area contributed by atoms with Gasteiger partial charge in [-0.15, -0.1) is 11.3 Å². The predicted molar refractivity (Wildman–Crippen MR) is 79.9 cm³/mol. The third-order valence-electron chi connectivity index (χ3n) is 2.36. The summed E-state index contributed by atoms with van der Waals surface area (Å²) in [6.07, 6.45) is 1.55. The second-order valence-electron chi connectivity index (χ2n) is 3.89. The standard InChI is InChI=1S/C11H10FN3O2S3/c1-6-5-14-11(19-6)15-20(16,17)7-2-3-9(12)8(4-7)10(13)18/h2-5H,1H3,(H2,13,18)(H,14,15). The topological polar surface area (TPSA) is 85.1 Å². The molecule has 0 aliphatic heterocycles. The Bertz CT molecular complexity index is 771. The summed E-state index contributed by atoms with van der Waals surface area (Å²) >= 11 is 5.87. The molecule has 0 aliphatic carbocycles. The van der Waals surface area contributed by atoms with E-state index in [2.05, 4.69) is 21.9 Å². The molecular formula is C11H10FN3O2S3. The smallest absolute Gasteiger partial charge is 0.263 e. The van der Waals surface area contributed by atoms with Gasteiger partial charge < -0.3 is 5.73 Å². The van der Waals surface area contributed by atoms with Gasteiger partial charge in [-0.3, -0.25) is 4.72 Å². The highest BCUT2D eigenvalue weighted by Gasteiger charge is 2.18. The van der Waals surface area contributed by atoms with Gasteiger partial charge in [0.1, 0.15) is 10.8 Å². The molecule has 2 rings (SSSR count). The van der Waals surface area contributed by atoms with Crippen LogP contribution in [0.4, 0.5) is 9.52 Å². The van der Waals surface area contributed by atoms with Crippen molar-refractivity contribution in [3.05, 3.63) is 40.7 Å². The Morgan fingerprint density at radius 3 is 2.75 bits per heavy atom. The Morgan fingerprint density at radius 2 is 2.20 bits per heavy atom. The van der Waals surface area contributed by atoms with Crippen molar-refractivity contribution in [3.8, 4) is 0 Å². The lowest BCUT2D eigenvalue weighted by atomic mass is 10.2. The highest BCUT2D eigenvalue weighted by atomic mass is 32.2. The molecule has 0 saturated carbocycles.